The van der Waals surface area contributed by atoms with Gasteiger partial charge < -0.3 is 5.73 Å². The molecule has 118 valence electrons. The molecule has 6 heteroatoms. The fourth-order valence-corrected chi connectivity index (χ4v) is 3.57. The molecule has 0 atom stereocenters. The molecule has 0 amide bonds. The Morgan fingerprint density at radius 3 is 2.43 bits per heavy atom. The first-order chi connectivity index (χ1) is 10.8. The number of halogens is 1. The van der Waals surface area contributed by atoms with Crippen molar-refractivity contribution in [2.75, 3.05) is 5.73 Å². The number of fused-ring (bicyclic) bond motifs is 1. The van der Waals surface area contributed by atoms with Gasteiger partial charge in [0.2, 0.25) is 0 Å². The second-order valence-corrected chi connectivity index (χ2v) is 7.11. The van der Waals surface area contributed by atoms with Crippen molar-refractivity contribution in [3.05, 3.63) is 59.1 Å². The van der Waals surface area contributed by atoms with Gasteiger partial charge >= 0.3 is 0 Å². The molecule has 0 bridgehead atoms. The highest BCUT2D eigenvalue weighted by atomic mass is 35.5. The summed E-state index contributed by atoms with van der Waals surface area (Å²) in [4.78, 5) is -0.136. The second-order valence-electron chi connectivity index (χ2n) is 5.34. The molecule has 3 rings (SSSR count). The first kappa shape index (κ1) is 15.8. The minimum Gasteiger partial charge on any atom is -0.398 e. The molecule has 0 radical (unpaired) electrons. The number of hydrogen-bond acceptors (Lipinski definition) is 3. The summed E-state index contributed by atoms with van der Waals surface area (Å²) in [6.07, 6.45) is 0. The largest absolute Gasteiger partial charge is 0.398 e. The lowest BCUT2D eigenvalue weighted by atomic mass is 9.97. The first-order valence-electron chi connectivity index (χ1n) is 6.84. The van der Waals surface area contributed by atoms with Crippen LogP contribution in [0.25, 0.3) is 21.9 Å². The summed E-state index contributed by atoms with van der Waals surface area (Å²) in [5.74, 6) is 0. The van der Waals surface area contributed by atoms with Crippen LogP contribution in [-0.2, 0) is 10.1 Å². The van der Waals surface area contributed by atoms with Gasteiger partial charge in [-0.05, 0) is 30.0 Å². The fourth-order valence-electron chi connectivity index (χ4n) is 2.65. The summed E-state index contributed by atoms with van der Waals surface area (Å²) in [5.41, 5.74) is 8.26. The number of rotatable bonds is 2. The van der Waals surface area contributed by atoms with Gasteiger partial charge in [-0.2, -0.15) is 8.42 Å². The Morgan fingerprint density at radius 1 is 1.00 bits per heavy atom. The van der Waals surface area contributed by atoms with E-state index in [4.69, 9.17) is 17.3 Å². The highest BCUT2D eigenvalue weighted by Crippen LogP contribution is 2.37. The highest BCUT2D eigenvalue weighted by Gasteiger charge is 2.18. The SMILES string of the molecule is Cc1ccc(S(=O)(=O)O)c(-c2cccc3c(Cl)c(N)ccc23)c1. The van der Waals surface area contributed by atoms with Gasteiger partial charge in [-0.25, -0.2) is 0 Å². The van der Waals surface area contributed by atoms with E-state index in [1.165, 1.54) is 6.07 Å². The predicted molar refractivity (Wildman–Crippen MR) is 93.4 cm³/mol. The van der Waals surface area contributed by atoms with Crippen molar-refractivity contribution in [3.63, 3.8) is 0 Å². The lowest BCUT2D eigenvalue weighted by molar-refractivity contribution is 0.483. The van der Waals surface area contributed by atoms with Gasteiger partial charge in [0.15, 0.2) is 0 Å². The molecule has 0 heterocycles. The Balaban J connectivity index is 2.43. The quantitative estimate of drug-likeness (QED) is 0.535. The van der Waals surface area contributed by atoms with Crippen molar-refractivity contribution < 1.29 is 13.0 Å². The van der Waals surface area contributed by atoms with Crippen LogP contribution >= 0.6 is 11.6 Å². The molecule has 0 saturated heterocycles. The standard InChI is InChI=1S/C17H14ClNO3S/c1-10-5-8-16(23(20,21)22)14(9-10)11-3-2-4-13-12(11)6-7-15(19)17(13)18/h2-9H,19H2,1H3,(H,20,21,22). The van der Waals surface area contributed by atoms with Gasteiger partial charge in [-0.1, -0.05) is 53.6 Å². The van der Waals surface area contributed by atoms with Gasteiger partial charge in [0, 0.05) is 10.9 Å². The molecule has 0 spiro atoms. The zero-order chi connectivity index (χ0) is 16.8. The number of anilines is 1. The Bertz CT molecular complexity index is 1030. The molecular formula is C17H14ClNO3S. The lowest BCUT2D eigenvalue weighted by Gasteiger charge is -2.13. The number of nitrogens with two attached hydrogens (primary N) is 1. The Morgan fingerprint density at radius 2 is 1.74 bits per heavy atom. The van der Waals surface area contributed by atoms with Crippen LogP contribution in [0.2, 0.25) is 5.02 Å². The number of hydrogen-bond donors (Lipinski definition) is 2. The van der Waals surface area contributed by atoms with E-state index in [1.54, 1.807) is 36.4 Å². The second kappa shape index (κ2) is 5.53. The third-order valence-corrected chi connectivity index (χ3v) is 5.06. The molecule has 4 nitrogen and oxygen atoms in total. The molecule has 0 aliphatic heterocycles. The van der Waals surface area contributed by atoms with Crippen molar-refractivity contribution in [1.29, 1.82) is 0 Å². The summed E-state index contributed by atoms with van der Waals surface area (Å²) in [7, 11) is -4.34. The summed E-state index contributed by atoms with van der Waals surface area (Å²) < 4.78 is 32.9. The van der Waals surface area contributed by atoms with Crippen LogP contribution in [0, 0.1) is 6.92 Å². The van der Waals surface area contributed by atoms with Crippen LogP contribution in [0.1, 0.15) is 5.56 Å². The first-order valence-corrected chi connectivity index (χ1v) is 8.66. The Hall–Kier alpha value is -2.08. The molecule has 23 heavy (non-hydrogen) atoms. The monoisotopic (exact) mass is 347 g/mol. The normalized spacial score (nSPS) is 11.8. The summed E-state index contributed by atoms with van der Waals surface area (Å²) in [6, 6.07) is 13.6. The van der Waals surface area contributed by atoms with Gasteiger partial charge in [0.25, 0.3) is 10.1 Å². The van der Waals surface area contributed by atoms with Crippen molar-refractivity contribution in [3.8, 4) is 11.1 Å². The number of nitrogen functional groups attached to an aromatic ring is 1. The number of benzene rings is 3. The van der Waals surface area contributed by atoms with Crippen LogP contribution in [0.4, 0.5) is 5.69 Å². The van der Waals surface area contributed by atoms with Gasteiger partial charge in [-0.15, -0.1) is 0 Å². The zero-order valence-corrected chi connectivity index (χ0v) is 13.8. The van der Waals surface area contributed by atoms with Crippen LogP contribution in [0.3, 0.4) is 0 Å². The van der Waals surface area contributed by atoms with Gasteiger partial charge in [0.1, 0.15) is 4.90 Å². The molecule has 0 unspecified atom stereocenters. The average Bonchev–Trinajstić information content (AvgIpc) is 2.49. The van der Waals surface area contributed by atoms with E-state index in [-0.39, 0.29) is 4.90 Å². The average molecular weight is 348 g/mol. The topological polar surface area (TPSA) is 80.4 Å². The van der Waals surface area contributed by atoms with Crippen LogP contribution in [-0.4, -0.2) is 13.0 Å². The van der Waals surface area contributed by atoms with E-state index < -0.39 is 10.1 Å². The molecule has 0 fully saturated rings. The molecule has 3 aromatic carbocycles. The predicted octanol–water partition coefficient (Wildman–Crippen LogP) is 4.30. The molecule has 0 aromatic heterocycles. The summed E-state index contributed by atoms with van der Waals surface area (Å²) in [5, 5.41) is 1.92. The van der Waals surface area contributed by atoms with Crippen molar-refractivity contribution in [2.24, 2.45) is 0 Å². The minimum atomic E-state index is -4.34. The Labute approximate surface area is 139 Å². The lowest BCUT2D eigenvalue weighted by Crippen LogP contribution is -2.01. The van der Waals surface area contributed by atoms with E-state index in [0.717, 1.165) is 16.3 Å². The van der Waals surface area contributed by atoms with Crippen LogP contribution in [0.15, 0.2) is 53.4 Å². The highest BCUT2D eigenvalue weighted by molar-refractivity contribution is 7.86. The van der Waals surface area contributed by atoms with Crippen molar-refractivity contribution >= 4 is 38.2 Å². The smallest absolute Gasteiger partial charge is 0.295 e. The third kappa shape index (κ3) is 2.79. The van der Waals surface area contributed by atoms with E-state index in [9.17, 15) is 13.0 Å². The van der Waals surface area contributed by atoms with Crippen LogP contribution in [0.5, 0.6) is 0 Å². The summed E-state index contributed by atoms with van der Waals surface area (Å²) >= 11 is 6.25. The molecule has 0 aliphatic rings. The maximum Gasteiger partial charge on any atom is 0.295 e. The zero-order valence-electron chi connectivity index (χ0n) is 12.2. The molecule has 0 saturated carbocycles. The third-order valence-electron chi connectivity index (χ3n) is 3.73. The summed E-state index contributed by atoms with van der Waals surface area (Å²) in [6.45, 7) is 1.85. The van der Waals surface area contributed by atoms with E-state index in [2.05, 4.69) is 0 Å². The minimum absolute atomic E-state index is 0.136. The van der Waals surface area contributed by atoms with Crippen molar-refractivity contribution in [1.82, 2.24) is 0 Å². The molecular weight excluding hydrogens is 334 g/mol. The Kier molecular flexibility index (Phi) is 3.80. The number of aryl methyl sites for hydroxylation is 1. The van der Waals surface area contributed by atoms with Gasteiger partial charge in [0.05, 0.1) is 10.7 Å². The molecule has 3 aromatic rings. The maximum absolute atomic E-state index is 11.7. The van der Waals surface area contributed by atoms with Gasteiger partial charge in [-0.3, -0.25) is 4.55 Å². The van der Waals surface area contributed by atoms with E-state index in [1.807, 2.05) is 13.0 Å². The van der Waals surface area contributed by atoms with Crippen LogP contribution < -0.4 is 5.73 Å². The van der Waals surface area contributed by atoms with Crippen molar-refractivity contribution in [2.45, 2.75) is 11.8 Å². The maximum atomic E-state index is 11.7. The molecule has 0 aliphatic carbocycles. The van der Waals surface area contributed by atoms with E-state index >= 15 is 0 Å². The van der Waals surface area contributed by atoms with E-state index in [0.29, 0.717) is 21.8 Å². The molecule has 3 N–H and O–H groups in total. The fraction of sp³-hybridized carbons (Fsp3) is 0.0588.